The van der Waals surface area contributed by atoms with Crippen molar-refractivity contribution in [3.05, 3.63) is 17.5 Å². The molecule has 0 fully saturated rings. The summed E-state index contributed by atoms with van der Waals surface area (Å²) in [7, 11) is 1.65. The molecule has 0 atom stereocenters. The number of aromatic nitrogens is 1. The lowest BCUT2D eigenvalue weighted by Crippen LogP contribution is -2.01. The van der Waals surface area contributed by atoms with Crippen molar-refractivity contribution in [1.29, 1.82) is 0 Å². The third-order valence-corrected chi connectivity index (χ3v) is 1.48. The molecule has 1 aromatic heterocycles. The number of nitrogens with two attached hydrogens (primary N) is 1. The molecule has 0 unspecified atom stereocenters. The zero-order valence-electron chi connectivity index (χ0n) is 6.54. The molecule has 1 aromatic rings. The van der Waals surface area contributed by atoms with Gasteiger partial charge >= 0.3 is 0 Å². The van der Waals surface area contributed by atoms with Crippen LogP contribution in [0.5, 0.6) is 0 Å². The highest BCUT2D eigenvalue weighted by Crippen LogP contribution is 2.07. The summed E-state index contributed by atoms with van der Waals surface area (Å²) in [5, 5.41) is 3.64. The van der Waals surface area contributed by atoms with E-state index in [0.717, 1.165) is 17.7 Å². The van der Waals surface area contributed by atoms with Gasteiger partial charge in [-0.15, -0.1) is 0 Å². The summed E-state index contributed by atoms with van der Waals surface area (Å²) in [5.41, 5.74) is 6.39. The molecule has 0 bridgehead atoms. The molecular weight excluding hydrogens is 144 g/mol. The van der Waals surface area contributed by atoms with Gasteiger partial charge in [-0.05, 0) is 0 Å². The summed E-state index contributed by atoms with van der Waals surface area (Å²) in [4.78, 5) is 0. The minimum absolute atomic E-state index is 0.475. The Morgan fingerprint density at radius 2 is 2.55 bits per heavy atom. The van der Waals surface area contributed by atoms with Crippen LogP contribution in [0.25, 0.3) is 0 Å². The monoisotopic (exact) mass is 156 g/mol. The van der Waals surface area contributed by atoms with Gasteiger partial charge < -0.3 is 15.0 Å². The average Bonchev–Trinajstić information content (AvgIpc) is 2.47. The van der Waals surface area contributed by atoms with Gasteiger partial charge in [0.25, 0.3) is 0 Å². The highest BCUT2D eigenvalue weighted by atomic mass is 16.5. The molecule has 1 heterocycles. The molecule has 0 saturated carbocycles. The molecule has 0 aliphatic heterocycles. The van der Waals surface area contributed by atoms with Crippen LogP contribution >= 0.6 is 0 Å². The summed E-state index contributed by atoms with van der Waals surface area (Å²) < 4.78 is 9.83. The van der Waals surface area contributed by atoms with Crippen molar-refractivity contribution in [3.63, 3.8) is 0 Å². The normalized spacial score (nSPS) is 10.4. The minimum atomic E-state index is 0.475. The lowest BCUT2D eigenvalue weighted by molar-refractivity contribution is 0.193. The van der Waals surface area contributed by atoms with E-state index in [2.05, 4.69) is 5.16 Å². The second-order valence-corrected chi connectivity index (χ2v) is 2.22. The molecule has 0 aliphatic carbocycles. The summed E-state index contributed by atoms with van der Waals surface area (Å²) in [6, 6.07) is 0. The standard InChI is InChI=1S/C7H12N2O2/c1-10-3-2-7-6(4-8)5-9-11-7/h5H,2-4,8H2,1H3. The maximum Gasteiger partial charge on any atom is 0.143 e. The number of rotatable bonds is 4. The van der Waals surface area contributed by atoms with E-state index >= 15 is 0 Å². The van der Waals surface area contributed by atoms with Crippen molar-refractivity contribution >= 4 is 0 Å². The molecular formula is C7H12N2O2. The second kappa shape index (κ2) is 4.10. The van der Waals surface area contributed by atoms with Crippen molar-refractivity contribution in [2.24, 2.45) is 5.73 Å². The van der Waals surface area contributed by atoms with Crippen LogP contribution in [0.1, 0.15) is 11.3 Å². The third-order valence-electron chi connectivity index (χ3n) is 1.48. The van der Waals surface area contributed by atoms with Crippen LogP contribution in [0.3, 0.4) is 0 Å². The quantitative estimate of drug-likeness (QED) is 0.682. The van der Waals surface area contributed by atoms with Crippen LogP contribution in [-0.4, -0.2) is 18.9 Å². The van der Waals surface area contributed by atoms with E-state index in [1.165, 1.54) is 0 Å². The SMILES string of the molecule is COCCc1oncc1CN. The smallest absolute Gasteiger partial charge is 0.143 e. The van der Waals surface area contributed by atoms with Crippen LogP contribution in [-0.2, 0) is 17.7 Å². The van der Waals surface area contributed by atoms with E-state index < -0.39 is 0 Å². The molecule has 4 heteroatoms. The predicted octanol–water partition coefficient (Wildman–Crippen LogP) is 0.322. The summed E-state index contributed by atoms with van der Waals surface area (Å²) in [6.45, 7) is 1.12. The molecule has 2 N–H and O–H groups in total. The fourth-order valence-corrected chi connectivity index (χ4v) is 0.852. The van der Waals surface area contributed by atoms with Crippen LogP contribution in [0.15, 0.2) is 10.7 Å². The average molecular weight is 156 g/mol. The number of ether oxygens (including phenoxy) is 1. The highest BCUT2D eigenvalue weighted by Gasteiger charge is 2.04. The lowest BCUT2D eigenvalue weighted by atomic mass is 10.2. The van der Waals surface area contributed by atoms with Crippen LogP contribution in [0, 0.1) is 0 Å². The zero-order chi connectivity index (χ0) is 8.10. The Hall–Kier alpha value is -0.870. The first-order valence-corrected chi connectivity index (χ1v) is 3.50. The second-order valence-electron chi connectivity index (χ2n) is 2.22. The van der Waals surface area contributed by atoms with Crippen LogP contribution < -0.4 is 5.73 Å². The van der Waals surface area contributed by atoms with Crippen molar-refractivity contribution in [1.82, 2.24) is 5.16 Å². The number of hydrogen-bond donors (Lipinski definition) is 1. The first-order valence-electron chi connectivity index (χ1n) is 3.50. The lowest BCUT2D eigenvalue weighted by Gasteiger charge is -1.96. The molecule has 0 aliphatic rings. The number of nitrogens with zero attached hydrogens (tertiary/aromatic N) is 1. The number of hydrogen-bond acceptors (Lipinski definition) is 4. The molecule has 0 aromatic carbocycles. The van der Waals surface area contributed by atoms with Crippen molar-refractivity contribution in [2.75, 3.05) is 13.7 Å². The predicted molar refractivity (Wildman–Crippen MR) is 40.0 cm³/mol. The largest absolute Gasteiger partial charge is 0.384 e. The summed E-state index contributed by atoms with van der Waals surface area (Å²) in [5.74, 6) is 0.828. The Balaban J connectivity index is 2.54. The molecule has 0 radical (unpaired) electrons. The van der Waals surface area contributed by atoms with E-state index in [1.807, 2.05) is 0 Å². The zero-order valence-corrected chi connectivity index (χ0v) is 6.54. The molecule has 1 rings (SSSR count). The first kappa shape index (κ1) is 8.23. The van der Waals surface area contributed by atoms with Gasteiger partial charge in [0, 0.05) is 25.6 Å². The van der Waals surface area contributed by atoms with Gasteiger partial charge in [-0.2, -0.15) is 0 Å². The molecule has 11 heavy (non-hydrogen) atoms. The molecule has 62 valence electrons. The van der Waals surface area contributed by atoms with Gasteiger partial charge in [0.2, 0.25) is 0 Å². The molecule has 4 nitrogen and oxygen atoms in total. The van der Waals surface area contributed by atoms with Gasteiger partial charge in [0.1, 0.15) is 5.76 Å². The molecule has 0 amide bonds. The van der Waals surface area contributed by atoms with E-state index in [4.69, 9.17) is 15.0 Å². The Morgan fingerprint density at radius 1 is 1.73 bits per heavy atom. The van der Waals surface area contributed by atoms with Gasteiger partial charge in [-0.3, -0.25) is 0 Å². The Morgan fingerprint density at radius 3 is 3.18 bits per heavy atom. The summed E-state index contributed by atoms with van der Waals surface area (Å²) >= 11 is 0. The van der Waals surface area contributed by atoms with Crippen molar-refractivity contribution < 1.29 is 9.26 Å². The van der Waals surface area contributed by atoms with Gasteiger partial charge in [-0.1, -0.05) is 5.16 Å². The van der Waals surface area contributed by atoms with E-state index in [9.17, 15) is 0 Å². The third kappa shape index (κ3) is 2.03. The van der Waals surface area contributed by atoms with E-state index in [-0.39, 0.29) is 0 Å². The highest BCUT2D eigenvalue weighted by molar-refractivity contribution is 5.12. The first-order chi connectivity index (χ1) is 5.38. The molecule has 0 saturated heterocycles. The number of methoxy groups -OCH3 is 1. The fraction of sp³-hybridized carbons (Fsp3) is 0.571. The molecule has 0 spiro atoms. The van der Waals surface area contributed by atoms with Crippen molar-refractivity contribution in [3.8, 4) is 0 Å². The Labute approximate surface area is 65.3 Å². The van der Waals surface area contributed by atoms with Gasteiger partial charge in [-0.25, -0.2) is 0 Å². The van der Waals surface area contributed by atoms with Gasteiger partial charge in [0.15, 0.2) is 0 Å². The van der Waals surface area contributed by atoms with Gasteiger partial charge in [0.05, 0.1) is 12.8 Å². The van der Waals surface area contributed by atoms with E-state index in [1.54, 1.807) is 13.3 Å². The van der Waals surface area contributed by atoms with E-state index in [0.29, 0.717) is 13.2 Å². The van der Waals surface area contributed by atoms with Crippen LogP contribution in [0.2, 0.25) is 0 Å². The fourth-order valence-electron chi connectivity index (χ4n) is 0.852. The minimum Gasteiger partial charge on any atom is -0.384 e. The van der Waals surface area contributed by atoms with Crippen molar-refractivity contribution in [2.45, 2.75) is 13.0 Å². The topological polar surface area (TPSA) is 61.3 Å². The maximum atomic E-state index is 5.43. The Kier molecular flexibility index (Phi) is 3.07. The maximum absolute atomic E-state index is 5.43. The van der Waals surface area contributed by atoms with Crippen LogP contribution in [0.4, 0.5) is 0 Å². The Bertz CT molecular complexity index is 210. The summed E-state index contributed by atoms with van der Waals surface area (Å²) in [6.07, 6.45) is 2.38.